The third-order valence-electron chi connectivity index (χ3n) is 3.12. The summed E-state index contributed by atoms with van der Waals surface area (Å²) >= 11 is 0. The molecule has 0 saturated carbocycles. The smallest absolute Gasteiger partial charge is 0.326 e. The normalized spacial score (nSPS) is 11.5. The summed E-state index contributed by atoms with van der Waals surface area (Å²) in [6, 6.07) is -0.955. The van der Waals surface area contributed by atoms with Crippen LogP contribution in [0.2, 0.25) is 0 Å². The summed E-state index contributed by atoms with van der Waals surface area (Å²) in [7, 11) is 0. The Morgan fingerprint density at radius 2 is 1.57 bits per heavy atom. The van der Waals surface area contributed by atoms with E-state index in [1.807, 2.05) is 0 Å². The van der Waals surface area contributed by atoms with Gasteiger partial charge in [0.15, 0.2) is 5.96 Å². The number of aliphatic imine (C=N–C) groups is 1. The van der Waals surface area contributed by atoms with Gasteiger partial charge in [-0.2, -0.15) is 0 Å². The first-order valence-corrected chi connectivity index (χ1v) is 7.62. The second kappa shape index (κ2) is 12.2. The minimum Gasteiger partial charge on any atom is -0.481 e. The first-order valence-electron chi connectivity index (χ1n) is 7.62. The summed E-state index contributed by atoms with van der Waals surface area (Å²) in [5.41, 5.74) is 10.3. The predicted molar refractivity (Wildman–Crippen MR) is 84.8 cm³/mol. The fourth-order valence-corrected chi connectivity index (χ4v) is 1.94. The number of carboxylic acids is 2. The molecule has 0 heterocycles. The van der Waals surface area contributed by atoms with Gasteiger partial charge in [0.2, 0.25) is 5.91 Å². The topological polar surface area (TPSA) is 168 Å². The van der Waals surface area contributed by atoms with Crippen LogP contribution in [0.15, 0.2) is 4.99 Å². The number of aliphatic carboxylic acids is 2. The predicted octanol–water partition coefficient (Wildman–Crippen LogP) is 0.0346. The maximum absolute atomic E-state index is 11.7. The van der Waals surface area contributed by atoms with E-state index in [9.17, 15) is 14.4 Å². The number of unbranched alkanes of at least 4 members (excludes halogenated alkanes) is 3. The van der Waals surface area contributed by atoms with Crippen LogP contribution in [0.1, 0.15) is 51.4 Å². The van der Waals surface area contributed by atoms with Gasteiger partial charge < -0.3 is 27.0 Å². The molecule has 132 valence electrons. The molecule has 1 atom stereocenters. The Morgan fingerprint density at radius 1 is 0.957 bits per heavy atom. The zero-order valence-corrected chi connectivity index (χ0v) is 13.2. The molecule has 0 aliphatic heterocycles. The lowest BCUT2D eigenvalue weighted by atomic mass is 10.1. The van der Waals surface area contributed by atoms with Gasteiger partial charge in [0.1, 0.15) is 6.04 Å². The Labute approximate surface area is 135 Å². The second-order valence-corrected chi connectivity index (χ2v) is 5.22. The van der Waals surface area contributed by atoms with Crippen molar-refractivity contribution in [3.8, 4) is 0 Å². The van der Waals surface area contributed by atoms with Gasteiger partial charge in [-0.3, -0.25) is 14.6 Å². The van der Waals surface area contributed by atoms with E-state index in [1.54, 1.807) is 0 Å². The molecule has 0 unspecified atom stereocenters. The summed E-state index contributed by atoms with van der Waals surface area (Å²) < 4.78 is 0. The molecule has 0 aromatic rings. The number of hydrogen-bond donors (Lipinski definition) is 5. The van der Waals surface area contributed by atoms with E-state index < -0.39 is 18.0 Å². The van der Waals surface area contributed by atoms with Crippen LogP contribution in [0.25, 0.3) is 0 Å². The number of nitrogens with one attached hydrogen (secondary N) is 1. The highest BCUT2D eigenvalue weighted by atomic mass is 16.4. The van der Waals surface area contributed by atoms with E-state index in [1.165, 1.54) is 0 Å². The fraction of sp³-hybridized carbons (Fsp3) is 0.714. The molecule has 0 rings (SSSR count). The van der Waals surface area contributed by atoms with E-state index in [0.29, 0.717) is 25.8 Å². The van der Waals surface area contributed by atoms with Crippen molar-refractivity contribution < 1.29 is 24.6 Å². The van der Waals surface area contributed by atoms with Crippen molar-refractivity contribution in [2.24, 2.45) is 16.5 Å². The van der Waals surface area contributed by atoms with E-state index in [-0.39, 0.29) is 31.1 Å². The maximum Gasteiger partial charge on any atom is 0.326 e. The number of hydrogen-bond acceptors (Lipinski definition) is 4. The quantitative estimate of drug-likeness (QED) is 0.180. The Kier molecular flexibility index (Phi) is 11.0. The van der Waals surface area contributed by atoms with Gasteiger partial charge in [0, 0.05) is 19.4 Å². The standard InChI is InChI=1S/C14H26N4O5/c15-14(16)17-9-5-6-10(13(22)23)18-11(19)7-3-1-2-4-8-12(20)21/h10H,1-9H2,(H,18,19)(H,20,21)(H,22,23)(H4,15,16,17)/t10-/m0/s1. The van der Waals surface area contributed by atoms with Gasteiger partial charge in [0.25, 0.3) is 0 Å². The van der Waals surface area contributed by atoms with Crippen LogP contribution < -0.4 is 16.8 Å². The van der Waals surface area contributed by atoms with Crippen molar-refractivity contribution in [2.75, 3.05) is 6.54 Å². The number of carbonyl (C=O) groups is 3. The second-order valence-electron chi connectivity index (χ2n) is 5.22. The molecular formula is C14H26N4O5. The van der Waals surface area contributed by atoms with E-state index in [4.69, 9.17) is 21.7 Å². The third-order valence-corrected chi connectivity index (χ3v) is 3.12. The average Bonchev–Trinajstić information content (AvgIpc) is 2.45. The van der Waals surface area contributed by atoms with Crippen molar-refractivity contribution in [2.45, 2.75) is 57.4 Å². The first-order chi connectivity index (χ1) is 10.8. The molecule has 0 saturated heterocycles. The highest BCUT2D eigenvalue weighted by Gasteiger charge is 2.18. The van der Waals surface area contributed by atoms with Crippen LogP contribution in [0, 0.1) is 0 Å². The average molecular weight is 330 g/mol. The van der Waals surface area contributed by atoms with Gasteiger partial charge >= 0.3 is 11.9 Å². The monoisotopic (exact) mass is 330 g/mol. The molecule has 9 heteroatoms. The largest absolute Gasteiger partial charge is 0.481 e. The van der Waals surface area contributed by atoms with E-state index >= 15 is 0 Å². The van der Waals surface area contributed by atoms with E-state index in [0.717, 1.165) is 12.8 Å². The molecule has 1 amide bonds. The third kappa shape index (κ3) is 13.1. The van der Waals surface area contributed by atoms with Gasteiger partial charge in [-0.15, -0.1) is 0 Å². The number of carbonyl (C=O) groups excluding carboxylic acids is 1. The summed E-state index contributed by atoms with van der Waals surface area (Å²) in [6.45, 7) is 0.311. The lowest BCUT2D eigenvalue weighted by Crippen LogP contribution is -2.40. The van der Waals surface area contributed by atoms with Crippen molar-refractivity contribution in [1.82, 2.24) is 5.32 Å². The molecular weight excluding hydrogens is 304 g/mol. The maximum atomic E-state index is 11.7. The van der Waals surface area contributed by atoms with Crippen molar-refractivity contribution in [1.29, 1.82) is 0 Å². The molecule has 0 bridgehead atoms. The lowest BCUT2D eigenvalue weighted by Gasteiger charge is -2.14. The van der Waals surface area contributed by atoms with Gasteiger partial charge in [-0.25, -0.2) is 4.79 Å². The molecule has 0 aliphatic rings. The zero-order valence-electron chi connectivity index (χ0n) is 13.2. The number of nitrogens with zero attached hydrogens (tertiary/aromatic N) is 1. The SMILES string of the molecule is NC(N)=NCCC[C@H](NC(=O)CCCCCCC(=O)O)C(=O)O. The van der Waals surface area contributed by atoms with Crippen LogP contribution in [0.4, 0.5) is 0 Å². The van der Waals surface area contributed by atoms with Gasteiger partial charge in [-0.1, -0.05) is 12.8 Å². The van der Waals surface area contributed by atoms with Crippen LogP contribution in [-0.2, 0) is 14.4 Å². The van der Waals surface area contributed by atoms with Crippen LogP contribution in [0.5, 0.6) is 0 Å². The van der Waals surface area contributed by atoms with E-state index in [2.05, 4.69) is 10.3 Å². The molecule has 9 nitrogen and oxygen atoms in total. The number of nitrogens with two attached hydrogens (primary N) is 2. The summed E-state index contributed by atoms with van der Waals surface area (Å²) in [4.78, 5) is 36.9. The summed E-state index contributed by atoms with van der Waals surface area (Å²) in [5.74, 6) is -2.29. The van der Waals surface area contributed by atoms with Crippen molar-refractivity contribution in [3.63, 3.8) is 0 Å². The lowest BCUT2D eigenvalue weighted by molar-refractivity contribution is -0.142. The molecule has 0 aromatic heterocycles. The zero-order chi connectivity index (χ0) is 17.7. The molecule has 0 aromatic carbocycles. The minimum absolute atomic E-state index is 0.0520. The number of rotatable bonds is 13. The molecule has 23 heavy (non-hydrogen) atoms. The van der Waals surface area contributed by atoms with Crippen molar-refractivity contribution in [3.05, 3.63) is 0 Å². The Bertz CT molecular complexity index is 421. The number of carboxylic acid groups (broad SMARTS) is 2. The Hall–Kier alpha value is -2.32. The van der Waals surface area contributed by atoms with Crippen LogP contribution in [0.3, 0.4) is 0 Å². The van der Waals surface area contributed by atoms with Crippen LogP contribution >= 0.6 is 0 Å². The molecule has 0 spiro atoms. The highest BCUT2D eigenvalue weighted by Crippen LogP contribution is 2.06. The molecule has 7 N–H and O–H groups in total. The number of amides is 1. The van der Waals surface area contributed by atoms with Crippen molar-refractivity contribution >= 4 is 23.8 Å². The molecule has 0 radical (unpaired) electrons. The Balaban J connectivity index is 3.90. The first kappa shape index (κ1) is 20.7. The summed E-state index contributed by atoms with van der Waals surface area (Å²) in [5, 5.41) is 20.0. The summed E-state index contributed by atoms with van der Waals surface area (Å²) in [6.07, 6.45) is 3.71. The molecule has 0 fully saturated rings. The highest BCUT2D eigenvalue weighted by molar-refractivity contribution is 5.83. The van der Waals surface area contributed by atoms with Gasteiger partial charge in [0.05, 0.1) is 0 Å². The Morgan fingerprint density at radius 3 is 2.09 bits per heavy atom. The minimum atomic E-state index is -1.09. The van der Waals surface area contributed by atoms with Crippen LogP contribution in [-0.4, -0.2) is 46.6 Å². The fourth-order valence-electron chi connectivity index (χ4n) is 1.94. The molecule has 0 aliphatic carbocycles. The van der Waals surface area contributed by atoms with Gasteiger partial charge in [-0.05, 0) is 25.7 Å². The number of guanidine groups is 1.